The summed E-state index contributed by atoms with van der Waals surface area (Å²) in [4.78, 5) is 10.3. The van der Waals surface area contributed by atoms with Gasteiger partial charge in [-0.05, 0) is 12.3 Å². The van der Waals surface area contributed by atoms with Gasteiger partial charge in [0.05, 0.1) is 0 Å². The lowest BCUT2D eigenvalue weighted by molar-refractivity contribution is -0.136. The van der Waals surface area contributed by atoms with Crippen LogP contribution in [0.1, 0.15) is 6.42 Å². The maximum atomic E-state index is 10.3. The summed E-state index contributed by atoms with van der Waals surface area (Å²) in [5.41, 5.74) is 0. The number of carbonyl (C=O) groups is 1. The fourth-order valence-electron chi connectivity index (χ4n) is 0.667. The van der Waals surface area contributed by atoms with E-state index in [-0.39, 0.29) is 4.83 Å². The lowest BCUT2D eigenvalue weighted by atomic mass is 10.3. The Labute approximate surface area is 69.9 Å². The molecule has 0 aromatic rings. The molecule has 9 heavy (non-hydrogen) atoms. The van der Waals surface area contributed by atoms with E-state index in [0.29, 0.717) is 10.7 Å². The van der Waals surface area contributed by atoms with Crippen LogP contribution in [0.15, 0.2) is 0 Å². The average Bonchev–Trinajstić information content (AvgIpc) is 2.44. The minimum absolute atomic E-state index is 0.294. The summed E-state index contributed by atoms with van der Waals surface area (Å²) in [5.74, 6) is -0.468. The standard InChI is InChI=1S/C5H6Br2O2/c6-3-1-2(3)4(7)5(8)9/h2-4H,1H2,(H,8,9). The second-order valence-electron chi connectivity index (χ2n) is 2.16. The molecule has 3 atom stereocenters. The van der Waals surface area contributed by atoms with E-state index in [2.05, 4.69) is 31.9 Å². The van der Waals surface area contributed by atoms with Crippen molar-refractivity contribution in [3.05, 3.63) is 0 Å². The van der Waals surface area contributed by atoms with Gasteiger partial charge in [0.15, 0.2) is 0 Å². The van der Waals surface area contributed by atoms with E-state index in [1.165, 1.54) is 0 Å². The summed E-state index contributed by atoms with van der Waals surface area (Å²) in [7, 11) is 0. The highest BCUT2D eigenvalue weighted by Crippen LogP contribution is 2.43. The van der Waals surface area contributed by atoms with E-state index in [1.807, 2.05) is 0 Å². The Morgan fingerprint density at radius 3 is 2.33 bits per heavy atom. The molecule has 1 saturated carbocycles. The molecule has 0 spiro atoms. The summed E-state index contributed by atoms with van der Waals surface area (Å²) in [6, 6.07) is 0. The van der Waals surface area contributed by atoms with Crippen molar-refractivity contribution >= 4 is 37.8 Å². The first-order valence-electron chi connectivity index (χ1n) is 2.64. The number of alkyl halides is 2. The Kier molecular flexibility index (Phi) is 2.16. The number of hydrogen-bond acceptors (Lipinski definition) is 1. The van der Waals surface area contributed by atoms with Crippen molar-refractivity contribution in [1.82, 2.24) is 0 Å². The highest BCUT2D eigenvalue weighted by atomic mass is 79.9. The molecule has 2 nitrogen and oxygen atoms in total. The maximum Gasteiger partial charge on any atom is 0.317 e. The third kappa shape index (κ3) is 1.67. The van der Waals surface area contributed by atoms with Gasteiger partial charge >= 0.3 is 5.97 Å². The maximum absolute atomic E-state index is 10.3. The predicted molar refractivity (Wildman–Crippen MR) is 41.2 cm³/mol. The van der Waals surface area contributed by atoms with Crippen LogP contribution in [0.4, 0.5) is 0 Å². The number of halogens is 2. The van der Waals surface area contributed by atoms with Crippen molar-refractivity contribution in [3.8, 4) is 0 Å². The molecule has 0 heterocycles. The molecule has 0 aromatic carbocycles. The largest absolute Gasteiger partial charge is 0.480 e. The summed E-state index contributed by atoms with van der Waals surface area (Å²) in [6.07, 6.45) is 0.974. The normalized spacial score (nSPS) is 35.8. The van der Waals surface area contributed by atoms with Crippen molar-refractivity contribution < 1.29 is 9.90 Å². The molecule has 1 N–H and O–H groups in total. The quantitative estimate of drug-likeness (QED) is 0.764. The molecule has 0 amide bonds. The first-order valence-corrected chi connectivity index (χ1v) is 4.47. The molecule has 0 radical (unpaired) electrons. The van der Waals surface area contributed by atoms with E-state index in [1.54, 1.807) is 0 Å². The van der Waals surface area contributed by atoms with Crippen molar-refractivity contribution in [2.24, 2.45) is 5.92 Å². The van der Waals surface area contributed by atoms with Gasteiger partial charge in [0.25, 0.3) is 0 Å². The monoisotopic (exact) mass is 256 g/mol. The SMILES string of the molecule is O=C(O)C(Br)C1CC1Br. The molecule has 1 aliphatic carbocycles. The van der Waals surface area contributed by atoms with Crippen molar-refractivity contribution in [1.29, 1.82) is 0 Å². The third-order valence-corrected chi connectivity index (χ3v) is 3.49. The van der Waals surface area contributed by atoms with Gasteiger partial charge in [-0.2, -0.15) is 0 Å². The van der Waals surface area contributed by atoms with Crippen molar-refractivity contribution in [3.63, 3.8) is 0 Å². The summed E-state index contributed by atoms with van der Waals surface area (Å²) >= 11 is 6.40. The second kappa shape index (κ2) is 2.58. The number of hydrogen-bond donors (Lipinski definition) is 1. The molecule has 1 aliphatic rings. The zero-order valence-electron chi connectivity index (χ0n) is 4.55. The first-order chi connectivity index (χ1) is 4.13. The Balaban J connectivity index is 2.36. The molecule has 0 bridgehead atoms. The zero-order valence-corrected chi connectivity index (χ0v) is 7.72. The van der Waals surface area contributed by atoms with Crippen LogP contribution in [0.5, 0.6) is 0 Å². The van der Waals surface area contributed by atoms with Crippen LogP contribution in [0.25, 0.3) is 0 Å². The molecule has 1 rings (SSSR count). The lowest BCUT2D eigenvalue weighted by Gasteiger charge is -1.98. The van der Waals surface area contributed by atoms with Gasteiger partial charge < -0.3 is 5.11 Å². The van der Waals surface area contributed by atoms with Crippen LogP contribution in [-0.4, -0.2) is 20.7 Å². The Bertz CT molecular complexity index is 137. The Hall–Kier alpha value is 0.430. The molecule has 1 fully saturated rings. The minimum Gasteiger partial charge on any atom is -0.480 e. The van der Waals surface area contributed by atoms with Gasteiger partial charge in [-0.1, -0.05) is 31.9 Å². The fourth-order valence-corrected chi connectivity index (χ4v) is 2.40. The van der Waals surface area contributed by atoms with Crippen LogP contribution in [0.3, 0.4) is 0 Å². The molecule has 4 heteroatoms. The van der Waals surface area contributed by atoms with E-state index in [4.69, 9.17) is 5.11 Å². The fraction of sp³-hybridized carbons (Fsp3) is 0.800. The summed E-state index contributed by atoms with van der Waals surface area (Å²) in [6.45, 7) is 0. The van der Waals surface area contributed by atoms with Crippen LogP contribution >= 0.6 is 31.9 Å². The lowest BCUT2D eigenvalue weighted by Crippen LogP contribution is -2.15. The van der Waals surface area contributed by atoms with Crippen LogP contribution in [0.2, 0.25) is 0 Å². The van der Waals surface area contributed by atoms with Crippen LogP contribution in [-0.2, 0) is 4.79 Å². The number of carboxylic acids is 1. The van der Waals surface area contributed by atoms with E-state index in [9.17, 15) is 4.79 Å². The average molecular weight is 258 g/mol. The van der Waals surface area contributed by atoms with E-state index < -0.39 is 5.97 Å². The number of aliphatic carboxylic acids is 1. The third-order valence-electron chi connectivity index (χ3n) is 1.37. The van der Waals surface area contributed by atoms with E-state index >= 15 is 0 Å². The van der Waals surface area contributed by atoms with Gasteiger partial charge in [0, 0.05) is 4.83 Å². The molecule has 3 unspecified atom stereocenters. The molecule has 0 saturated heterocycles. The zero-order chi connectivity index (χ0) is 7.02. The topological polar surface area (TPSA) is 37.3 Å². The molecular formula is C5H6Br2O2. The minimum atomic E-state index is -0.762. The smallest absolute Gasteiger partial charge is 0.317 e. The first kappa shape index (κ1) is 7.54. The number of carboxylic acid groups (broad SMARTS) is 1. The highest BCUT2D eigenvalue weighted by molar-refractivity contribution is 9.10. The number of rotatable bonds is 2. The molecule has 52 valence electrons. The summed E-state index contributed by atoms with van der Waals surface area (Å²) in [5, 5.41) is 8.44. The molecule has 0 aromatic heterocycles. The van der Waals surface area contributed by atoms with Crippen LogP contribution < -0.4 is 0 Å². The molecular weight excluding hydrogens is 252 g/mol. The van der Waals surface area contributed by atoms with Crippen LogP contribution in [0, 0.1) is 5.92 Å². The Morgan fingerprint density at radius 1 is 1.78 bits per heavy atom. The van der Waals surface area contributed by atoms with Gasteiger partial charge in [0.1, 0.15) is 4.83 Å². The highest BCUT2D eigenvalue weighted by Gasteiger charge is 2.43. The van der Waals surface area contributed by atoms with Crippen molar-refractivity contribution in [2.45, 2.75) is 16.1 Å². The van der Waals surface area contributed by atoms with Gasteiger partial charge in [0.2, 0.25) is 0 Å². The van der Waals surface area contributed by atoms with Gasteiger partial charge in [-0.3, -0.25) is 4.79 Å². The van der Waals surface area contributed by atoms with Gasteiger partial charge in [-0.15, -0.1) is 0 Å². The summed E-state index contributed by atoms with van der Waals surface area (Å²) < 4.78 is 0. The Morgan fingerprint density at radius 2 is 2.22 bits per heavy atom. The van der Waals surface area contributed by atoms with Crippen molar-refractivity contribution in [2.75, 3.05) is 0 Å². The molecule has 0 aliphatic heterocycles. The van der Waals surface area contributed by atoms with Gasteiger partial charge in [-0.25, -0.2) is 0 Å². The second-order valence-corrected chi connectivity index (χ2v) is 4.32. The van der Waals surface area contributed by atoms with E-state index in [0.717, 1.165) is 6.42 Å². The predicted octanol–water partition coefficient (Wildman–Crippen LogP) is 1.62.